The largest absolute Gasteiger partial charge is 0.496 e. The van der Waals surface area contributed by atoms with Gasteiger partial charge in [-0.2, -0.15) is 4.98 Å². The zero-order valence-electron chi connectivity index (χ0n) is 11.5. The minimum Gasteiger partial charge on any atom is -0.496 e. The first-order valence-electron chi connectivity index (χ1n) is 6.32. The quantitative estimate of drug-likeness (QED) is 0.749. The molecule has 0 saturated carbocycles. The fraction of sp³-hybridized carbons (Fsp3) is 0.357. The third-order valence-corrected chi connectivity index (χ3v) is 2.65. The summed E-state index contributed by atoms with van der Waals surface area (Å²) in [6.45, 7) is 2.08. The normalized spacial score (nSPS) is 10.3. The minimum atomic E-state index is -0.375. The zero-order chi connectivity index (χ0) is 14.4. The molecule has 2 rings (SSSR count). The van der Waals surface area contributed by atoms with Crippen LogP contribution in [0.1, 0.15) is 24.2 Å². The van der Waals surface area contributed by atoms with Gasteiger partial charge in [-0.25, -0.2) is 0 Å². The van der Waals surface area contributed by atoms with Gasteiger partial charge in [0, 0.05) is 12.0 Å². The van der Waals surface area contributed by atoms with Crippen LogP contribution in [0.25, 0.3) is 0 Å². The number of methoxy groups -OCH3 is 1. The molecule has 0 radical (unpaired) electrons. The highest BCUT2D eigenvalue weighted by Gasteiger charge is 2.13. The highest BCUT2D eigenvalue weighted by atomic mass is 16.5. The van der Waals surface area contributed by atoms with E-state index in [-0.39, 0.29) is 18.3 Å². The maximum Gasteiger partial charge on any atom is 0.315 e. The van der Waals surface area contributed by atoms with Gasteiger partial charge in [-0.1, -0.05) is 23.4 Å². The predicted molar refractivity (Wildman–Crippen MR) is 70.4 cm³/mol. The lowest BCUT2D eigenvalue weighted by atomic mass is 10.1. The Balaban J connectivity index is 2.04. The summed E-state index contributed by atoms with van der Waals surface area (Å²) in [5.41, 5.74) is 0.957. The smallest absolute Gasteiger partial charge is 0.315 e. The average molecular weight is 276 g/mol. The monoisotopic (exact) mass is 276 g/mol. The van der Waals surface area contributed by atoms with E-state index in [0.717, 1.165) is 11.3 Å². The van der Waals surface area contributed by atoms with Gasteiger partial charge < -0.3 is 14.0 Å². The number of benzene rings is 1. The van der Waals surface area contributed by atoms with E-state index in [2.05, 4.69) is 10.1 Å². The van der Waals surface area contributed by atoms with E-state index in [1.54, 1.807) is 14.0 Å². The van der Waals surface area contributed by atoms with Crippen molar-refractivity contribution in [3.8, 4) is 5.75 Å². The van der Waals surface area contributed by atoms with Crippen molar-refractivity contribution >= 4 is 5.97 Å². The Morgan fingerprint density at radius 2 is 2.15 bits per heavy atom. The first-order valence-corrected chi connectivity index (χ1v) is 6.32. The van der Waals surface area contributed by atoms with Crippen molar-refractivity contribution in [2.75, 3.05) is 13.7 Å². The summed E-state index contributed by atoms with van der Waals surface area (Å²) in [7, 11) is 1.61. The van der Waals surface area contributed by atoms with Gasteiger partial charge in [0.2, 0.25) is 5.89 Å². The molecule has 6 nitrogen and oxygen atoms in total. The van der Waals surface area contributed by atoms with Gasteiger partial charge >= 0.3 is 5.97 Å². The van der Waals surface area contributed by atoms with Crippen LogP contribution in [0.4, 0.5) is 0 Å². The molecule has 6 heteroatoms. The third kappa shape index (κ3) is 3.57. The van der Waals surface area contributed by atoms with Gasteiger partial charge in [-0.05, 0) is 13.0 Å². The number of para-hydroxylation sites is 1. The second-order valence-electron chi connectivity index (χ2n) is 4.07. The number of nitrogens with zero attached hydrogens (tertiary/aromatic N) is 2. The lowest BCUT2D eigenvalue weighted by Gasteiger charge is -2.05. The van der Waals surface area contributed by atoms with E-state index in [0.29, 0.717) is 18.9 Å². The highest BCUT2D eigenvalue weighted by Crippen LogP contribution is 2.19. The molecule has 0 N–H and O–H groups in total. The third-order valence-electron chi connectivity index (χ3n) is 2.65. The lowest BCUT2D eigenvalue weighted by Crippen LogP contribution is -2.07. The van der Waals surface area contributed by atoms with Crippen molar-refractivity contribution in [2.45, 2.75) is 19.8 Å². The SMILES string of the molecule is CCOC(=O)Cc1nc(Cc2ccccc2OC)no1. The molecule has 0 aliphatic rings. The standard InChI is InChI=1S/C14H16N2O4/c1-3-19-14(17)9-13-15-12(16-20-13)8-10-6-4-5-7-11(10)18-2/h4-7H,3,8-9H2,1-2H3. The van der Waals surface area contributed by atoms with Gasteiger partial charge in [0.25, 0.3) is 0 Å². The summed E-state index contributed by atoms with van der Waals surface area (Å²) < 4.78 is 15.1. The molecule has 0 bridgehead atoms. The van der Waals surface area contributed by atoms with Crippen LogP contribution in [0.2, 0.25) is 0 Å². The Kier molecular flexibility index (Phi) is 4.70. The molecule has 0 saturated heterocycles. The first kappa shape index (κ1) is 14.0. The molecule has 1 heterocycles. The van der Waals surface area contributed by atoms with Gasteiger partial charge in [0.15, 0.2) is 5.82 Å². The van der Waals surface area contributed by atoms with Crippen LogP contribution in [0.5, 0.6) is 5.75 Å². The molecule has 0 atom stereocenters. The average Bonchev–Trinajstić information content (AvgIpc) is 2.87. The summed E-state index contributed by atoms with van der Waals surface area (Å²) in [5, 5.41) is 3.85. The molecule has 1 aromatic heterocycles. The van der Waals surface area contributed by atoms with Crippen LogP contribution in [0, 0.1) is 0 Å². The van der Waals surface area contributed by atoms with Crippen LogP contribution in [-0.4, -0.2) is 29.8 Å². The van der Waals surface area contributed by atoms with Gasteiger partial charge in [-0.15, -0.1) is 0 Å². The Bertz CT molecular complexity index is 580. The molecule has 0 spiro atoms. The number of carbonyl (C=O) groups is 1. The molecule has 0 aliphatic heterocycles. The van der Waals surface area contributed by atoms with Gasteiger partial charge in [0.1, 0.15) is 12.2 Å². The van der Waals surface area contributed by atoms with Gasteiger partial charge in [-0.3, -0.25) is 4.79 Å². The summed E-state index contributed by atoms with van der Waals surface area (Å²) >= 11 is 0. The maximum absolute atomic E-state index is 11.3. The summed E-state index contributed by atoms with van der Waals surface area (Å²) in [5.74, 6) is 1.16. The Morgan fingerprint density at radius 3 is 2.90 bits per heavy atom. The van der Waals surface area contributed by atoms with Crippen molar-refractivity contribution in [1.29, 1.82) is 0 Å². The van der Waals surface area contributed by atoms with Crippen molar-refractivity contribution < 1.29 is 18.8 Å². The van der Waals surface area contributed by atoms with Gasteiger partial charge in [0.05, 0.1) is 13.7 Å². The fourth-order valence-electron chi connectivity index (χ4n) is 1.79. The van der Waals surface area contributed by atoms with Crippen molar-refractivity contribution in [3.63, 3.8) is 0 Å². The predicted octanol–water partition coefficient (Wildman–Crippen LogP) is 1.77. The molecule has 0 unspecified atom stereocenters. The van der Waals surface area contributed by atoms with E-state index >= 15 is 0 Å². The van der Waals surface area contributed by atoms with Crippen molar-refractivity contribution in [3.05, 3.63) is 41.5 Å². The lowest BCUT2D eigenvalue weighted by molar-refractivity contribution is -0.142. The van der Waals surface area contributed by atoms with E-state index in [1.165, 1.54) is 0 Å². The number of esters is 1. The van der Waals surface area contributed by atoms with E-state index in [4.69, 9.17) is 14.0 Å². The molecule has 106 valence electrons. The Labute approximate surface area is 116 Å². The van der Waals surface area contributed by atoms with Crippen LogP contribution >= 0.6 is 0 Å². The second-order valence-corrected chi connectivity index (χ2v) is 4.07. The van der Waals surface area contributed by atoms with E-state index in [1.807, 2.05) is 24.3 Å². The van der Waals surface area contributed by atoms with Crippen molar-refractivity contribution in [2.24, 2.45) is 0 Å². The summed E-state index contributed by atoms with van der Waals surface area (Å²) in [6.07, 6.45) is 0.475. The van der Waals surface area contributed by atoms with Crippen LogP contribution < -0.4 is 4.74 Å². The fourth-order valence-corrected chi connectivity index (χ4v) is 1.79. The van der Waals surface area contributed by atoms with E-state index < -0.39 is 0 Å². The molecular weight excluding hydrogens is 260 g/mol. The van der Waals surface area contributed by atoms with Crippen LogP contribution in [0.15, 0.2) is 28.8 Å². The number of rotatable bonds is 6. The molecule has 0 aliphatic carbocycles. The van der Waals surface area contributed by atoms with Crippen molar-refractivity contribution in [1.82, 2.24) is 10.1 Å². The molecule has 2 aromatic rings. The molecule has 1 aromatic carbocycles. The number of aromatic nitrogens is 2. The van der Waals surface area contributed by atoms with Crippen LogP contribution in [0.3, 0.4) is 0 Å². The topological polar surface area (TPSA) is 74.5 Å². The zero-order valence-corrected chi connectivity index (χ0v) is 11.5. The summed E-state index contributed by atoms with van der Waals surface area (Å²) in [6, 6.07) is 7.61. The second kappa shape index (κ2) is 6.70. The Morgan fingerprint density at radius 1 is 1.35 bits per heavy atom. The number of carbonyl (C=O) groups excluding carboxylic acids is 1. The molecule has 20 heavy (non-hydrogen) atoms. The highest BCUT2D eigenvalue weighted by molar-refractivity contribution is 5.71. The number of ether oxygens (including phenoxy) is 2. The summed E-state index contributed by atoms with van der Waals surface area (Å²) in [4.78, 5) is 15.5. The Hall–Kier alpha value is -2.37. The molecular formula is C14H16N2O4. The number of hydrogen-bond donors (Lipinski definition) is 0. The maximum atomic E-state index is 11.3. The first-order chi connectivity index (χ1) is 9.72. The number of hydrogen-bond acceptors (Lipinski definition) is 6. The molecule has 0 amide bonds. The molecule has 0 fully saturated rings. The van der Waals surface area contributed by atoms with E-state index in [9.17, 15) is 4.79 Å². The minimum absolute atomic E-state index is 0.00718. The van der Waals surface area contributed by atoms with Crippen LogP contribution in [-0.2, 0) is 22.4 Å².